The number of urea groups is 1. The van der Waals surface area contributed by atoms with Crippen LogP contribution in [0.15, 0.2) is 0 Å². The predicted octanol–water partition coefficient (Wildman–Crippen LogP) is 2.32. The van der Waals surface area contributed by atoms with Crippen LogP contribution in [0.25, 0.3) is 0 Å². The topological polar surface area (TPSA) is 69.6 Å². The molecule has 110 valence electrons. The molecular formula is C14H26N2O3. The second-order valence-electron chi connectivity index (χ2n) is 5.84. The molecule has 5 nitrogen and oxygen atoms in total. The molecule has 0 aromatic rings. The molecule has 0 spiro atoms. The molecule has 0 bridgehead atoms. The summed E-state index contributed by atoms with van der Waals surface area (Å²) in [6.45, 7) is 7.91. The van der Waals surface area contributed by atoms with Crippen molar-refractivity contribution < 1.29 is 14.7 Å². The molecule has 5 heteroatoms. The van der Waals surface area contributed by atoms with E-state index in [2.05, 4.69) is 19.2 Å². The van der Waals surface area contributed by atoms with Gasteiger partial charge in [-0.3, -0.25) is 4.79 Å². The van der Waals surface area contributed by atoms with Gasteiger partial charge in [-0.25, -0.2) is 4.79 Å². The van der Waals surface area contributed by atoms with Crippen LogP contribution in [-0.4, -0.2) is 41.6 Å². The number of carboxylic acids is 1. The van der Waals surface area contributed by atoms with Gasteiger partial charge in [-0.1, -0.05) is 20.8 Å². The fourth-order valence-corrected chi connectivity index (χ4v) is 2.44. The van der Waals surface area contributed by atoms with Crippen molar-refractivity contribution in [3.63, 3.8) is 0 Å². The van der Waals surface area contributed by atoms with Gasteiger partial charge in [0.05, 0.1) is 5.41 Å². The first-order chi connectivity index (χ1) is 8.91. The van der Waals surface area contributed by atoms with Crippen LogP contribution in [0.5, 0.6) is 0 Å². The number of amides is 2. The van der Waals surface area contributed by atoms with Gasteiger partial charge < -0.3 is 15.3 Å². The minimum absolute atomic E-state index is 0.0595. The number of aliphatic carboxylic acids is 1. The number of hydrogen-bond donors (Lipinski definition) is 2. The van der Waals surface area contributed by atoms with Crippen molar-refractivity contribution in [1.29, 1.82) is 0 Å². The van der Waals surface area contributed by atoms with Crippen LogP contribution in [0.4, 0.5) is 4.79 Å². The minimum Gasteiger partial charge on any atom is -0.481 e. The van der Waals surface area contributed by atoms with Crippen LogP contribution >= 0.6 is 0 Å². The highest BCUT2D eigenvalue weighted by Gasteiger charge is 2.40. The van der Waals surface area contributed by atoms with Crippen LogP contribution in [0.3, 0.4) is 0 Å². The number of carbonyl (C=O) groups is 2. The van der Waals surface area contributed by atoms with Gasteiger partial charge in [0.1, 0.15) is 0 Å². The lowest BCUT2D eigenvalue weighted by Gasteiger charge is -2.38. The number of nitrogens with one attached hydrogen (secondary N) is 1. The normalized spacial score (nSPS) is 18.4. The standard InChI is InChI=1S/C14H26N2O3/c1-4-14(12(17)18)6-9-16(10-7-14)13(19)15-8-5-11(2)3/h11H,4-10H2,1-3H3,(H,15,19)(H,17,18). The summed E-state index contributed by atoms with van der Waals surface area (Å²) in [5, 5.41) is 12.2. The molecule has 1 aliphatic heterocycles. The van der Waals surface area contributed by atoms with Gasteiger partial charge in [0.15, 0.2) is 0 Å². The van der Waals surface area contributed by atoms with E-state index < -0.39 is 11.4 Å². The van der Waals surface area contributed by atoms with E-state index in [9.17, 15) is 14.7 Å². The van der Waals surface area contributed by atoms with Gasteiger partial charge >= 0.3 is 12.0 Å². The van der Waals surface area contributed by atoms with Crippen LogP contribution in [0, 0.1) is 11.3 Å². The summed E-state index contributed by atoms with van der Waals surface area (Å²) < 4.78 is 0. The molecule has 1 aliphatic rings. The fourth-order valence-electron chi connectivity index (χ4n) is 2.44. The molecule has 0 aliphatic carbocycles. The summed E-state index contributed by atoms with van der Waals surface area (Å²) in [6.07, 6.45) is 2.70. The van der Waals surface area contributed by atoms with Crippen molar-refractivity contribution in [2.75, 3.05) is 19.6 Å². The van der Waals surface area contributed by atoms with Crippen LogP contribution in [-0.2, 0) is 4.79 Å². The van der Waals surface area contributed by atoms with E-state index in [1.807, 2.05) is 6.92 Å². The Morgan fingerprint density at radius 3 is 2.32 bits per heavy atom. The second-order valence-corrected chi connectivity index (χ2v) is 5.84. The Morgan fingerprint density at radius 2 is 1.89 bits per heavy atom. The number of hydrogen-bond acceptors (Lipinski definition) is 2. The molecule has 2 N–H and O–H groups in total. The number of piperidine rings is 1. The lowest BCUT2D eigenvalue weighted by molar-refractivity contribution is -0.151. The number of rotatable bonds is 5. The van der Waals surface area contributed by atoms with Crippen LogP contribution in [0.1, 0.15) is 46.5 Å². The zero-order valence-corrected chi connectivity index (χ0v) is 12.2. The first-order valence-electron chi connectivity index (χ1n) is 7.17. The summed E-state index contributed by atoms with van der Waals surface area (Å²) >= 11 is 0. The first-order valence-corrected chi connectivity index (χ1v) is 7.17. The quantitative estimate of drug-likeness (QED) is 0.805. The average molecular weight is 270 g/mol. The largest absolute Gasteiger partial charge is 0.481 e. The van der Waals surface area contributed by atoms with Gasteiger partial charge in [0, 0.05) is 19.6 Å². The molecule has 1 fully saturated rings. The summed E-state index contributed by atoms with van der Waals surface area (Å²) in [4.78, 5) is 25.0. The molecule has 1 rings (SSSR count). The third-order valence-corrected chi connectivity index (χ3v) is 4.14. The predicted molar refractivity (Wildman–Crippen MR) is 74.0 cm³/mol. The maximum atomic E-state index is 11.9. The SMILES string of the molecule is CCC1(C(=O)O)CCN(C(=O)NCCC(C)C)CC1. The maximum absolute atomic E-state index is 11.9. The van der Waals surface area contributed by atoms with E-state index in [0.717, 1.165) is 6.42 Å². The third kappa shape index (κ3) is 4.11. The van der Waals surface area contributed by atoms with Gasteiger partial charge in [-0.2, -0.15) is 0 Å². The molecule has 2 amide bonds. The Balaban J connectivity index is 2.40. The Hall–Kier alpha value is -1.26. The molecule has 1 heterocycles. The minimum atomic E-state index is -0.727. The molecule has 0 atom stereocenters. The van der Waals surface area contributed by atoms with Crippen molar-refractivity contribution >= 4 is 12.0 Å². The van der Waals surface area contributed by atoms with Crippen molar-refractivity contribution in [3.05, 3.63) is 0 Å². The van der Waals surface area contributed by atoms with Crippen molar-refractivity contribution in [1.82, 2.24) is 10.2 Å². The molecule has 0 aromatic heterocycles. The number of carbonyl (C=O) groups excluding carboxylic acids is 1. The van der Waals surface area contributed by atoms with Crippen LogP contribution in [0.2, 0.25) is 0 Å². The smallest absolute Gasteiger partial charge is 0.317 e. The molecule has 0 unspecified atom stereocenters. The zero-order chi connectivity index (χ0) is 14.5. The molecule has 0 radical (unpaired) electrons. The van der Waals surface area contributed by atoms with E-state index >= 15 is 0 Å². The highest BCUT2D eigenvalue weighted by atomic mass is 16.4. The number of nitrogens with zero attached hydrogens (tertiary/aromatic N) is 1. The van der Waals surface area contributed by atoms with Crippen molar-refractivity contribution in [2.45, 2.75) is 46.5 Å². The Bertz CT molecular complexity index is 321. The molecule has 0 saturated carbocycles. The lowest BCUT2D eigenvalue weighted by atomic mass is 9.76. The third-order valence-electron chi connectivity index (χ3n) is 4.14. The number of likely N-dealkylation sites (tertiary alicyclic amines) is 1. The zero-order valence-electron chi connectivity index (χ0n) is 12.2. The molecular weight excluding hydrogens is 244 g/mol. The van der Waals surface area contributed by atoms with Gasteiger partial charge in [0.25, 0.3) is 0 Å². The van der Waals surface area contributed by atoms with E-state index in [-0.39, 0.29) is 6.03 Å². The molecule has 0 aromatic carbocycles. The summed E-state index contributed by atoms with van der Waals surface area (Å²) in [5.74, 6) is -0.156. The fraction of sp³-hybridized carbons (Fsp3) is 0.857. The maximum Gasteiger partial charge on any atom is 0.317 e. The monoisotopic (exact) mass is 270 g/mol. The highest BCUT2D eigenvalue weighted by molar-refractivity contribution is 5.77. The summed E-state index contributed by atoms with van der Waals surface area (Å²) in [6, 6.07) is -0.0595. The van der Waals surface area contributed by atoms with Gasteiger partial charge in [-0.05, 0) is 31.6 Å². The van der Waals surface area contributed by atoms with Gasteiger partial charge in [0.2, 0.25) is 0 Å². The summed E-state index contributed by atoms with van der Waals surface area (Å²) in [5.41, 5.74) is -0.630. The van der Waals surface area contributed by atoms with Crippen LogP contribution < -0.4 is 5.32 Å². The van der Waals surface area contributed by atoms with E-state index in [1.54, 1.807) is 4.90 Å². The Labute approximate surface area is 115 Å². The summed E-state index contributed by atoms with van der Waals surface area (Å²) in [7, 11) is 0. The molecule has 19 heavy (non-hydrogen) atoms. The van der Waals surface area contributed by atoms with Gasteiger partial charge in [-0.15, -0.1) is 0 Å². The second kappa shape index (κ2) is 6.78. The number of carboxylic acid groups (broad SMARTS) is 1. The first kappa shape index (κ1) is 15.8. The van der Waals surface area contributed by atoms with E-state index in [0.29, 0.717) is 44.8 Å². The lowest BCUT2D eigenvalue weighted by Crippen LogP contribution is -2.49. The van der Waals surface area contributed by atoms with E-state index in [4.69, 9.17) is 0 Å². The Kier molecular flexibility index (Phi) is 5.63. The highest BCUT2D eigenvalue weighted by Crippen LogP contribution is 2.35. The van der Waals surface area contributed by atoms with Crippen molar-refractivity contribution in [3.8, 4) is 0 Å². The Morgan fingerprint density at radius 1 is 1.32 bits per heavy atom. The average Bonchev–Trinajstić information content (AvgIpc) is 2.38. The van der Waals surface area contributed by atoms with E-state index in [1.165, 1.54) is 0 Å². The van der Waals surface area contributed by atoms with Crippen molar-refractivity contribution in [2.24, 2.45) is 11.3 Å². The molecule has 1 saturated heterocycles.